The average Bonchev–Trinajstić information content (AvgIpc) is 2.85. The van der Waals surface area contributed by atoms with E-state index < -0.39 is 16.3 Å². The van der Waals surface area contributed by atoms with Crippen LogP contribution < -0.4 is 9.03 Å². The van der Waals surface area contributed by atoms with Crippen LogP contribution in [0.3, 0.4) is 0 Å². The second-order valence-electron chi connectivity index (χ2n) is 5.49. The van der Waals surface area contributed by atoms with Gasteiger partial charge in [0.25, 0.3) is 0 Å². The van der Waals surface area contributed by atoms with Gasteiger partial charge in [-0.25, -0.2) is 4.39 Å². The molecule has 0 radical (unpaired) electrons. The predicted molar refractivity (Wildman–Crippen MR) is 86.6 cm³/mol. The predicted octanol–water partition coefficient (Wildman–Crippen LogP) is 1.34. The third-order valence-corrected chi connectivity index (χ3v) is 5.30. The Morgan fingerprint density at radius 2 is 2.04 bits per heavy atom. The molecule has 1 fully saturated rings. The van der Waals surface area contributed by atoms with Crippen molar-refractivity contribution in [1.29, 1.82) is 0 Å². The van der Waals surface area contributed by atoms with Crippen molar-refractivity contribution in [2.75, 3.05) is 10.8 Å². The van der Waals surface area contributed by atoms with Crippen LogP contribution in [0.25, 0.3) is 0 Å². The van der Waals surface area contributed by atoms with Crippen molar-refractivity contribution in [2.24, 2.45) is 0 Å². The van der Waals surface area contributed by atoms with Gasteiger partial charge in [-0.2, -0.15) is 13.1 Å². The minimum Gasteiger partial charge on any atom is -0.506 e. The number of anilines is 1. The first-order chi connectivity index (χ1) is 11.4. The van der Waals surface area contributed by atoms with E-state index in [1.807, 2.05) is 0 Å². The van der Waals surface area contributed by atoms with Gasteiger partial charge in [0.15, 0.2) is 0 Å². The summed E-state index contributed by atoms with van der Waals surface area (Å²) in [7, 11) is -3.87. The van der Waals surface area contributed by atoms with Gasteiger partial charge in [0.1, 0.15) is 17.9 Å². The van der Waals surface area contributed by atoms with Crippen LogP contribution in [-0.2, 0) is 21.4 Å². The molecule has 1 aliphatic rings. The summed E-state index contributed by atoms with van der Waals surface area (Å²) in [4.78, 5) is 10.8. The Hall–Kier alpha value is -2.45. The first-order valence-corrected chi connectivity index (χ1v) is 8.65. The van der Waals surface area contributed by atoms with Gasteiger partial charge in [0.05, 0.1) is 18.3 Å². The van der Waals surface area contributed by atoms with Crippen molar-refractivity contribution >= 4 is 22.2 Å². The molecule has 0 spiro atoms. The van der Waals surface area contributed by atoms with Crippen LogP contribution in [0.4, 0.5) is 10.1 Å². The number of carbonyl (C=O) groups excluding carboxylic acids is 1. The number of hydrogen-bond donors (Lipinski definition) is 2. The number of rotatable bonds is 4. The molecular weight excluding hydrogens is 335 g/mol. The first kappa shape index (κ1) is 16.4. The van der Waals surface area contributed by atoms with E-state index in [2.05, 4.69) is 4.72 Å². The molecule has 1 unspecified atom stereocenters. The summed E-state index contributed by atoms with van der Waals surface area (Å²) in [6.45, 7) is -0.0912. The van der Waals surface area contributed by atoms with Crippen LogP contribution in [0.15, 0.2) is 42.5 Å². The van der Waals surface area contributed by atoms with E-state index in [1.54, 1.807) is 24.3 Å². The van der Waals surface area contributed by atoms with Crippen LogP contribution >= 0.6 is 0 Å². The highest BCUT2D eigenvalue weighted by atomic mass is 32.2. The largest absolute Gasteiger partial charge is 0.506 e. The number of nitrogens with one attached hydrogen (secondary N) is 1. The van der Waals surface area contributed by atoms with Crippen molar-refractivity contribution in [3.05, 3.63) is 59.4 Å². The zero-order chi connectivity index (χ0) is 17.3. The average molecular weight is 350 g/mol. The lowest BCUT2D eigenvalue weighted by atomic mass is 10.0. The quantitative estimate of drug-likeness (QED) is 0.815. The van der Waals surface area contributed by atoms with Gasteiger partial charge in [-0.15, -0.1) is 0 Å². The fourth-order valence-corrected chi connectivity index (χ4v) is 4.03. The monoisotopic (exact) mass is 350 g/mol. The molecule has 1 atom stereocenters. The molecule has 1 saturated heterocycles. The number of phenolic OH excluding ortho intramolecular Hbond substituents is 1. The summed E-state index contributed by atoms with van der Waals surface area (Å²) in [5.41, 5.74) is 1.18. The number of aldehydes is 1. The van der Waals surface area contributed by atoms with E-state index in [1.165, 1.54) is 18.2 Å². The van der Waals surface area contributed by atoms with Crippen molar-refractivity contribution < 1.29 is 22.7 Å². The van der Waals surface area contributed by atoms with Gasteiger partial charge in [0.2, 0.25) is 0 Å². The molecule has 8 heteroatoms. The molecule has 0 saturated carbocycles. The van der Waals surface area contributed by atoms with E-state index in [0.29, 0.717) is 17.4 Å². The maximum Gasteiger partial charge on any atom is 0.302 e. The van der Waals surface area contributed by atoms with E-state index in [4.69, 9.17) is 0 Å². The summed E-state index contributed by atoms with van der Waals surface area (Å²) in [5.74, 6) is -0.595. The molecule has 3 rings (SSSR count). The maximum absolute atomic E-state index is 13.7. The van der Waals surface area contributed by atoms with Crippen molar-refractivity contribution in [2.45, 2.75) is 12.5 Å². The summed E-state index contributed by atoms with van der Waals surface area (Å²) in [6.07, 6.45) is 0.767. The van der Waals surface area contributed by atoms with E-state index >= 15 is 0 Å². The Labute approximate surface area is 138 Å². The molecule has 24 heavy (non-hydrogen) atoms. The Balaban J connectivity index is 1.88. The Morgan fingerprint density at radius 3 is 2.67 bits per heavy atom. The highest BCUT2D eigenvalue weighted by Crippen LogP contribution is 2.32. The number of nitrogens with zero attached hydrogens (tertiary/aromatic N) is 1. The molecule has 2 N–H and O–H groups in total. The molecular formula is C16H15FN2O4S. The lowest BCUT2D eigenvalue weighted by Gasteiger charge is -2.17. The van der Waals surface area contributed by atoms with Crippen molar-refractivity contribution in [3.8, 4) is 5.75 Å². The van der Waals surface area contributed by atoms with Crippen LogP contribution in [0.5, 0.6) is 5.75 Å². The number of carbonyl (C=O) groups is 1. The maximum atomic E-state index is 13.7. The molecule has 0 amide bonds. The number of benzene rings is 2. The molecule has 2 aromatic carbocycles. The fourth-order valence-electron chi connectivity index (χ4n) is 2.62. The van der Waals surface area contributed by atoms with E-state index in [0.717, 1.165) is 4.31 Å². The first-order valence-electron chi connectivity index (χ1n) is 7.21. The normalized spacial score (nSPS) is 19.4. The Morgan fingerprint density at radius 1 is 1.29 bits per heavy atom. The molecule has 6 nitrogen and oxygen atoms in total. The minimum atomic E-state index is -3.87. The van der Waals surface area contributed by atoms with Gasteiger partial charge in [-0.1, -0.05) is 24.3 Å². The smallest absolute Gasteiger partial charge is 0.302 e. The summed E-state index contributed by atoms with van der Waals surface area (Å²) in [5, 5.41) is 10.2. The van der Waals surface area contributed by atoms with Crippen LogP contribution in [0.1, 0.15) is 11.1 Å². The zero-order valence-corrected chi connectivity index (χ0v) is 13.3. The minimum absolute atomic E-state index is 0.0733. The number of phenols is 1. The second kappa shape index (κ2) is 6.21. The summed E-state index contributed by atoms with van der Waals surface area (Å²) < 4.78 is 40.8. The van der Waals surface area contributed by atoms with Crippen LogP contribution in [-0.4, -0.2) is 32.4 Å². The third-order valence-electron chi connectivity index (χ3n) is 3.78. The van der Waals surface area contributed by atoms with Crippen molar-refractivity contribution in [3.63, 3.8) is 0 Å². The summed E-state index contributed by atoms with van der Waals surface area (Å²) in [6, 6.07) is 9.90. The number of hydrogen-bond acceptors (Lipinski definition) is 4. The van der Waals surface area contributed by atoms with Crippen molar-refractivity contribution in [1.82, 2.24) is 4.72 Å². The lowest BCUT2D eigenvalue weighted by molar-refractivity contribution is -0.108. The van der Waals surface area contributed by atoms with E-state index in [-0.39, 0.29) is 30.2 Å². The SMILES string of the molecule is O=CC1CN(c2ccc(Cc3ccccc3F)cc2O)S(=O)(=O)N1. The molecule has 2 aromatic rings. The molecule has 126 valence electrons. The topological polar surface area (TPSA) is 86.7 Å². The second-order valence-corrected chi connectivity index (χ2v) is 7.11. The molecule has 0 aliphatic carbocycles. The molecule has 1 aliphatic heterocycles. The fraction of sp³-hybridized carbons (Fsp3) is 0.188. The highest BCUT2D eigenvalue weighted by molar-refractivity contribution is 7.91. The van der Waals surface area contributed by atoms with Gasteiger partial charge >= 0.3 is 10.2 Å². The van der Waals surface area contributed by atoms with Gasteiger partial charge in [0, 0.05) is 6.42 Å². The van der Waals surface area contributed by atoms with Crippen LogP contribution in [0.2, 0.25) is 0 Å². The summed E-state index contributed by atoms with van der Waals surface area (Å²) >= 11 is 0. The van der Waals surface area contributed by atoms with E-state index in [9.17, 15) is 22.7 Å². The highest BCUT2D eigenvalue weighted by Gasteiger charge is 2.36. The van der Waals surface area contributed by atoms with Gasteiger partial charge in [-0.05, 0) is 29.3 Å². The lowest BCUT2D eigenvalue weighted by Crippen LogP contribution is -2.30. The molecule has 0 aromatic heterocycles. The zero-order valence-electron chi connectivity index (χ0n) is 12.5. The Kier molecular flexibility index (Phi) is 4.25. The third kappa shape index (κ3) is 3.10. The van der Waals surface area contributed by atoms with Crippen LogP contribution in [0, 0.1) is 5.82 Å². The number of aromatic hydroxyl groups is 1. The number of halogens is 1. The Bertz CT molecular complexity index is 885. The van der Waals surface area contributed by atoms with Gasteiger partial charge in [-0.3, -0.25) is 4.31 Å². The standard InChI is InChI=1S/C16H15FN2O4S/c17-14-4-2-1-3-12(14)7-11-5-6-15(16(21)8-11)19-9-13(10-20)18-24(19,22)23/h1-6,8,10,13,18,21H,7,9H2. The molecule has 1 heterocycles. The molecule has 0 bridgehead atoms. The van der Waals surface area contributed by atoms with Gasteiger partial charge < -0.3 is 9.90 Å².